The molecule has 1 heterocycles. The van der Waals surface area contributed by atoms with Crippen LogP contribution in [0.4, 0.5) is 0 Å². The van der Waals surface area contributed by atoms with Gasteiger partial charge in [-0.15, -0.1) is 0 Å². The summed E-state index contributed by atoms with van der Waals surface area (Å²) >= 11 is 5.81. The predicted molar refractivity (Wildman–Crippen MR) is 103 cm³/mol. The zero-order chi connectivity index (χ0) is 19.4. The number of aromatic nitrogens is 2. The second-order valence-electron chi connectivity index (χ2n) is 5.76. The standard InChI is InChI=1S/C20H17ClN2O4/c1-2-27-17-9-7-16(8-10-17)23-12-11-22(19(25)20(23)26)13-18(24)14-3-5-15(21)6-4-14/h3-12H,2,13H2,1H3. The first kappa shape index (κ1) is 18.7. The first-order chi connectivity index (χ1) is 13.0. The number of ether oxygens (including phenoxy) is 1. The Labute approximate surface area is 160 Å². The number of halogens is 1. The van der Waals surface area contributed by atoms with Gasteiger partial charge in [0.1, 0.15) is 5.75 Å². The van der Waals surface area contributed by atoms with Crippen LogP contribution in [0.5, 0.6) is 5.75 Å². The third-order valence-corrected chi connectivity index (χ3v) is 4.22. The fourth-order valence-electron chi connectivity index (χ4n) is 2.59. The average Bonchev–Trinajstić information content (AvgIpc) is 2.67. The Morgan fingerprint density at radius 2 is 1.63 bits per heavy atom. The third kappa shape index (κ3) is 4.17. The molecule has 3 aromatic rings. The zero-order valence-electron chi connectivity index (χ0n) is 14.6. The molecule has 0 fully saturated rings. The molecule has 27 heavy (non-hydrogen) atoms. The van der Waals surface area contributed by atoms with Crippen molar-refractivity contribution in [2.24, 2.45) is 0 Å². The van der Waals surface area contributed by atoms with Gasteiger partial charge in [0.15, 0.2) is 5.78 Å². The van der Waals surface area contributed by atoms with Crippen LogP contribution in [0, 0.1) is 0 Å². The summed E-state index contributed by atoms with van der Waals surface area (Å²) in [4.78, 5) is 37.1. The number of nitrogens with zero attached hydrogens (tertiary/aromatic N) is 2. The van der Waals surface area contributed by atoms with Gasteiger partial charge in [0.2, 0.25) is 0 Å². The lowest BCUT2D eigenvalue weighted by Crippen LogP contribution is -2.41. The Hall–Kier alpha value is -3.12. The van der Waals surface area contributed by atoms with E-state index in [0.29, 0.717) is 28.6 Å². The highest BCUT2D eigenvalue weighted by atomic mass is 35.5. The van der Waals surface area contributed by atoms with Gasteiger partial charge in [-0.2, -0.15) is 0 Å². The zero-order valence-corrected chi connectivity index (χ0v) is 15.3. The molecule has 1 aromatic heterocycles. The van der Waals surface area contributed by atoms with Gasteiger partial charge in [0.25, 0.3) is 0 Å². The van der Waals surface area contributed by atoms with Gasteiger partial charge in [0, 0.05) is 28.7 Å². The van der Waals surface area contributed by atoms with Crippen molar-refractivity contribution < 1.29 is 9.53 Å². The first-order valence-electron chi connectivity index (χ1n) is 8.33. The molecule has 0 aliphatic rings. The highest BCUT2D eigenvalue weighted by Gasteiger charge is 2.11. The number of carbonyl (C=O) groups is 1. The van der Waals surface area contributed by atoms with Crippen molar-refractivity contribution in [2.75, 3.05) is 6.61 Å². The normalized spacial score (nSPS) is 10.6. The van der Waals surface area contributed by atoms with E-state index in [2.05, 4.69) is 0 Å². The molecule has 0 aliphatic heterocycles. The summed E-state index contributed by atoms with van der Waals surface area (Å²) in [6.07, 6.45) is 2.89. The number of benzene rings is 2. The predicted octanol–water partition coefficient (Wildman–Crippen LogP) is 2.93. The number of hydrogen-bond donors (Lipinski definition) is 0. The minimum atomic E-state index is -0.770. The molecule has 0 bridgehead atoms. The molecule has 6 nitrogen and oxygen atoms in total. The first-order valence-corrected chi connectivity index (χ1v) is 8.71. The van der Waals surface area contributed by atoms with E-state index >= 15 is 0 Å². The second-order valence-corrected chi connectivity index (χ2v) is 6.20. The van der Waals surface area contributed by atoms with Crippen molar-refractivity contribution in [3.63, 3.8) is 0 Å². The van der Waals surface area contributed by atoms with Gasteiger partial charge in [-0.3, -0.25) is 19.0 Å². The SMILES string of the molecule is CCOc1ccc(-n2ccn(CC(=O)c3ccc(Cl)cc3)c(=O)c2=O)cc1. The van der Waals surface area contributed by atoms with Crippen LogP contribution in [-0.4, -0.2) is 21.5 Å². The lowest BCUT2D eigenvalue weighted by atomic mass is 10.1. The van der Waals surface area contributed by atoms with Crippen molar-refractivity contribution >= 4 is 17.4 Å². The van der Waals surface area contributed by atoms with Gasteiger partial charge < -0.3 is 9.30 Å². The molecule has 0 unspecified atom stereocenters. The van der Waals surface area contributed by atoms with Gasteiger partial charge in [0.05, 0.1) is 13.2 Å². The minimum Gasteiger partial charge on any atom is -0.494 e. The monoisotopic (exact) mass is 384 g/mol. The van der Waals surface area contributed by atoms with Gasteiger partial charge >= 0.3 is 11.1 Å². The Morgan fingerprint density at radius 3 is 2.26 bits per heavy atom. The van der Waals surface area contributed by atoms with E-state index in [-0.39, 0.29) is 12.3 Å². The highest BCUT2D eigenvalue weighted by Crippen LogP contribution is 2.14. The fraction of sp³-hybridized carbons (Fsp3) is 0.150. The summed E-state index contributed by atoms with van der Waals surface area (Å²) in [5, 5.41) is 0.515. The molecular formula is C20H17ClN2O4. The van der Waals surface area contributed by atoms with Crippen molar-refractivity contribution in [3.05, 3.63) is 92.2 Å². The lowest BCUT2D eigenvalue weighted by molar-refractivity contribution is 0.0970. The molecule has 7 heteroatoms. The van der Waals surface area contributed by atoms with Crippen LogP contribution in [0.1, 0.15) is 17.3 Å². The minimum absolute atomic E-state index is 0.222. The smallest absolute Gasteiger partial charge is 0.320 e. The molecule has 0 aliphatic carbocycles. The summed E-state index contributed by atoms with van der Waals surface area (Å²) in [5.74, 6) is 0.392. The molecule has 0 saturated heterocycles. The van der Waals surface area contributed by atoms with Crippen LogP contribution >= 0.6 is 11.6 Å². The number of Topliss-reactive ketones (excluding diaryl/α,β-unsaturated/α-hetero) is 1. The van der Waals surface area contributed by atoms with Crippen molar-refractivity contribution in [1.29, 1.82) is 0 Å². The topological polar surface area (TPSA) is 70.3 Å². The van der Waals surface area contributed by atoms with E-state index in [9.17, 15) is 14.4 Å². The van der Waals surface area contributed by atoms with Crippen LogP contribution in [0.2, 0.25) is 5.02 Å². The van der Waals surface area contributed by atoms with Gasteiger partial charge in [-0.05, 0) is 55.5 Å². The fourth-order valence-corrected chi connectivity index (χ4v) is 2.71. The van der Waals surface area contributed by atoms with Gasteiger partial charge in [-0.1, -0.05) is 11.6 Å². The second kappa shape index (κ2) is 8.05. The highest BCUT2D eigenvalue weighted by molar-refractivity contribution is 6.30. The van der Waals surface area contributed by atoms with E-state index in [0.717, 1.165) is 4.57 Å². The lowest BCUT2D eigenvalue weighted by Gasteiger charge is -2.10. The summed E-state index contributed by atoms with van der Waals surface area (Å²) in [6.45, 7) is 2.19. The van der Waals surface area contributed by atoms with Crippen molar-refractivity contribution in [2.45, 2.75) is 13.5 Å². The van der Waals surface area contributed by atoms with Crippen LogP contribution in [0.15, 0.2) is 70.5 Å². The van der Waals surface area contributed by atoms with Gasteiger partial charge in [-0.25, -0.2) is 0 Å². The molecule has 0 N–H and O–H groups in total. The quantitative estimate of drug-likeness (QED) is 0.484. The van der Waals surface area contributed by atoms with Crippen LogP contribution in [0.3, 0.4) is 0 Å². The Morgan fingerprint density at radius 1 is 0.963 bits per heavy atom. The summed E-state index contributed by atoms with van der Waals surface area (Å²) in [6, 6.07) is 13.2. The Kier molecular flexibility index (Phi) is 5.57. The number of hydrogen-bond acceptors (Lipinski definition) is 4. The third-order valence-electron chi connectivity index (χ3n) is 3.96. The van der Waals surface area contributed by atoms with Crippen LogP contribution in [-0.2, 0) is 6.54 Å². The van der Waals surface area contributed by atoms with E-state index in [1.54, 1.807) is 48.5 Å². The maximum Gasteiger partial charge on any atom is 0.320 e. The maximum atomic E-state index is 12.4. The number of carbonyl (C=O) groups excluding carboxylic acids is 1. The van der Waals surface area contributed by atoms with E-state index < -0.39 is 11.1 Å². The molecule has 0 spiro atoms. The summed E-state index contributed by atoms with van der Waals surface area (Å²) < 4.78 is 7.70. The van der Waals surface area contributed by atoms with Crippen LogP contribution < -0.4 is 15.9 Å². The van der Waals surface area contributed by atoms with E-state index in [1.807, 2.05) is 6.92 Å². The summed E-state index contributed by atoms with van der Waals surface area (Å²) in [5.41, 5.74) is -0.544. The number of rotatable bonds is 6. The Balaban J connectivity index is 1.86. The van der Waals surface area contributed by atoms with Crippen molar-refractivity contribution in [3.8, 4) is 11.4 Å². The number of ketones is 1. The molecule has 0 saturated carbocycles. The largest absolute Gasteiger partial charge is 0.494 e. The van der Waals surface area contributed by atoms with E-state index in [4.69, 9.17) is 16.3 Å². The molecule has 3 rings (SSSR count). The van der Waals surface area contributed by atoms with E-state index in [1.165, 1.54) is 17.0 Å². The molecule has 0 amide bonds. The molecule has 138 valence electrons. The van der Waals surface area contributed by atoms with Crippen molar-refractivity contribution in [1.82, 2.24) is 9.13 Å². The maximum absolute atomic E-state index is 12.4. The summed E-state index contributed by atoms with van der Waals surface area (Å²) in [7, 11) is 0. The average molecular weight is 385 g/mol. The molecular weight excluding hydrogens is 368 g/mol. The molecule has 0 radical (unpaired) electrons. The molecule has 2 aromatic carbocycles. The molecule has 0 atom stereocenters. The van der Waals surface area contributed by atoms with Crippen LogP contribution in [0.25, 0.3) is 5.69 Å². The Bertz CT molecular complexity index is 1070.